The highest BCUT2D eigenvalue weighted by atomic mass is 35.5. The first kappa shape index (κ1) is 13.5. The van der Waals surface area contributed by atoms with Gasteiger partial charge in [0.25, 0.3) is 5.89 Å². The maximum Gasteiger partial charge on any atom is 0.261 e. The van der Waals surface area contributed by atoms with Crippen LogP contribution in [0.25, 0.3) is 22.7 Å². The lowest BCUT2D eigenvalue weighted by molar-refractivity contribution is 0.229. The summed E-state index contributed by atoms with van der Waals surface area (Å²) in [6.45, 7) is 0. The summed E-state index contributed by atoms with van der Waals surface area (Å²) in [5, 5.41) is 11.8. The van der Waals surface area contributed by atoms with Crippen LogP contribution in [0.15, 0.2) is 35.0 Å². The number of aromatic nitrogens is 4. The molecule has 1 aliphatic rings. The predicted octanol–water partition coefficient (Wildman–Crippen LogP) is 3.12. The molecule has 0 saturated heterocycles. The molecule has 0 amide bonds. The van der Waals surface area contributed by atoms with Gasteiger partial charge in [-0.15, -0.1) is 0 Å². The molecule has 0 aliphatic heterocycles. The fourth-order valence-electron chi connectivity index (χ4n) is 2.60. The Kier molecular flexibility index (Phi) is 3.02. The summed E-state index contributed by atoms with van der Waals surface area (Å²) in [5.74, 6) is 0.988. The number of nitrogens with one attached hydrogen (secondary N) is 1. The van der Waals surface area contributed by atoms with Crippen molar-refractivity contribution in [1.29, 1.82) is 0 Å². The molecule has 2 heterocycles. The molecule has 4 rings (SSSR count). The molecule has 1 saturated carbocycles. The average Bonchev–Trinajstić information content (AvgIpc) is 3.14. The van der Waals surface area contributed by atoms with Gasteiger partial charge in [0, 0.05) is 10.6 Å². The normalized spacial score (nSPS) is 16.5. The van der Waals surface area contributed by atoms with Crippen LogP contribution in [0, 0.1) is 0 Å². The minimum atomic E-state index is -0.439. The lowest BCUT2D eigenvalue weighted by atomic mass is 9.77. The van der Waals surface area contributed by atoms with Gasteiger partial charge in [0.15, 0.2) is 5.82 Å². The molecule has 2 aromatic heterocycles. The minimum absolute atomic E-state index is 0.422. The van der Waals surface area contributed by atoms with Crippen LogP contribution in [-0.2, 0) is 5.54 Å². The molecule has 3 N–H and O–H groups in total. The second-order valence-corrected chi connectivity index (χ2v) is 6.03. The molecular weight excluding hydrogens is 302 g/mol. The third kappa shape index (κ3) is 2.12. The molecule has 3 aromatic rings. The number of nitrogens with two attached hydrogens (primary N) is 1. The van der Waals surface area contributed by atoms with E-state index in [-0.39, 0.29) is 0 Å². The van der Waals surface area contributed by atoms with Gasteiger partial charge in [-0.25, -0.2) is 0 Å². The van der Waals surface area contributed by atoms with Crippen LogP contribution < -0.4 is 5.73 Å². The maximum atomic E-state index is 6.23. The molecule has 1 aliphatic carbocycles. The van der Waals surface area contributed by atoms with Gasteiger partial charge in [-0.3, -0.25) is 5.10 Å². The van der Waals surface area contributed by atoms with Crippen LogP contribution in [0.1, 0.15) is 25.1 Å². The van der Waals surface area contributed by atoms with Gasteiger partial charge in [0.2, 0.25) is 0 Å². The third-order valence-corrected chi connectivity index (χ3v) is 4.37. The average molecular weight is 316 g/mol. The molecule has 0 radical (unpaired) electrons. The summed E-state index contributed by atoms with van der Waals surface area (Å²) in [6.07, 6.45) is 4.55. The van der Waals surface area contributed by atoms with Crippen molar-refractivity contribution in [3.05, 3.63) is 41.3 Å². The van der Waals surface area contributed by atoms with Crippen molar-refractivity contribution in [2.24, 2.45) is 5.73 Å². The Morgan fingerprint density at radius 2 is 2.00 bits per heavy atom. The highest BCUT2D eigenvalue weighted by molar-refractivity contribution is 6.30. The van der Waals surface area contributed by atoms with E-state index in [1.54, 1.807) is 6.20 Å². The van der Waals surface area contributed by atoms with E-state index in [2.05, 4.69) is 20.3 Å². The van der Waals surface area contributed by atoms with E-state index in [0.717, 1.165) is 36.1 Å². The first-order chi connectivity index (χ1) is 10.7. The smallest absolute Gasteiger partial charge is 0.261 e. The number of nitrogens with zero attached hydrogens (tertiary/aromatic N) is 3. The first-order valence-corrected chi connectivity index (χ1v) is 7.46. The van der Waals surface area contributed by atoms with Gasteiger partial charge in [0.1, 0.15) is 0 Å². The lowest BCUT2D eigenvalue weighted by Gasteiger charge is -2.34. The first-order valence-electron chi connectivity index (χ1n) is 7.08. The van der Waals surface area contributed by atoms with E-state index in [9.17, 15) is 0 Å². The number of H-pyrrole nitrogens is 1. The molecular formula is C15H14ClN5O. The van der Waals surface area contributed by atoms with Crippen molar-refractivity contribution < 1.29 is 4.52 Å². The molecule has 22 heavy (non-hydrogen) atoms. The molecule has 0 unspecified atom stereocenters. The summed E-state index contributed by atoms with van der Waals surface area (Å²) >= 11 is 5.93. The van der Waals surface area contributed by atoms with Crippen LogP contribution in [-0.4, -0.2) is 20.3 Å². The molecule has 0 spiro atoms. The van der Waals surface area contributed by atoms with Crippen molar-refractivity contribution in [1.82, 2.24) is 20.3 Å². The highest BCUT2D eigenvalue weighted by Crippen LogP contribution is 2.38. The maximum absolute atomic E-state index is 6.23. The van der Waals surface area contributed by atoms with Gasteiger partial charge < -0.3 is 10.3 Å². The Hall–Kier alpha value is -2.18. The SMILES string of the molecule is NC1(c2noc(-c3cn[nH]c3-c3ccc(Cl)cc3)n2)CCC1. The van der Waals surface area contributed by atoms with Crippen molar-refractivity contribution in [2.75, 3.05) is 0 Å². The number of aromatic amines is 1. The van der Waals surface area contributed by atoms with E-state index in [0.29, 0.717) is 16.7 Å². The van der Waals surface area contributed by atoms with Gasteiger partial charge in [0.05, 0.1) is 23.0 Å². The van der Waals surface area contributed by atoms with Gasteiger partial charge >= 0.3 is 0 Å². The fourth-order valence-corrected chi connectivity index (χ4v) is 2.73. The summed E-state index contributed by atoms with van der Waals surface area (Å²) < 4.78 is 5.39. The van der Waals surface area contributed by atoms with Crippen LogP contribution >= 0.6 is 11.6 Å². The lowest BCUT2D eigenvalue weighted by Crippen LogP contribution is -2.44. The zero-order valence-electron chi connectivity index (χ0n) is 11.7. The second kappa shape index (κ2) is 4.93. The number of halogens is 1. The van der Waals surface area contributed by atoms with E-state index in [1.807, 2.05) is 24.3 Å². The fraction of sp³-hybridized carbons (Fsp3) is 0.267. The van der Waals surface area contributed by atoms with Crippen molar-refractivity contribution >= 4 is 11.6 Å². The topological polar surface area (TPSA) is 93.6 Å². The third-order valence-electron chi connectivity index (χ3n) is 4.12. The molecule has 112 valence electrons. The van der Waals surface area contributed by atoms with Crippen LogP contribution in [0.3, 0.4) is 0 Å². The largest absolute Gasteiger partial charge is 0.334 e. The van der Waals surface area contributed by atoms with Crippen LogP contribution in [0.2, 0.25) is 5.02 Å². The standard InChI is InChI=1S/C15H14ClN5O/c16-10-4-2-9(3-5-10)12-11(8-18-20-12)13-19-14(21-22-13)15(17)6-1-7-15/h2-5,8H,1,6-7,17H2,(H,18,20). The molecule has 0 bridgehead atoms. The summed E-state index contributed by atoms with van der Waals surface area (Å²) in [6, 6.07) is 7.47. The Labute approximate surface area is 131 Å². The second-order valence-electron chi connectivity index (χ2n) is 5.60. The van der Waals surface area contributed by atoms with Gasteiger partial charge in [-0.05, 0) is 31.4 Å². The number of benzene rings is 1. The Morgan fingerprint density at radius 3 is 2.68 bits per heavy atom. The quantitative estimate of drug-likeness (QED) is 0.774. The summed E-state index contributed by atoms with van der Waals surface area (Å²) in [7, 11) is 0. The minimum Gasteiger partial charge on any atom is -0.334 e. The van der Waals surface area contributed by atoms with E-state index in [4.69, 9.17) is 21.9 Å². The Balaban J connectivity index is 1.72. The molecule has 6 nitrogen and oxygen atoms in total. The number of hydrogen-bond acceptors (Lipinski definition) is 5. The van der Waals surface area contributed by atoms with Crippen LogP contribution in [0.4, 0.5) is 0 Å². The molecule has 7 heteroatoms. The zero-order valence-corrected chi connectivity index (χ0v) is 12.5. The monoisotopic (exact) mass is 315 g/mol. The molecule has 1 fully saturated rings. The summed E-state index contributed by atoms with van der Waals surface area (Å²) in [4.78, 5) is 4.46. The zero-order chi connectivity index (χ0) is 15.2. The molecule has 1 aromatic carbocycles. The Morgan fingerprint density at radius 1 is 1.23 bits per heavy atom. The molecule has 0 atom stereocenters. The van der Waals surface area contributed by atoms with E-state index in [1.165, 1.54) is 0 Å². The number of hydrogen-bond donors (Lipinski definition) is 2. The van der Waals surface area contributed by atoms with Crippen molar-refractivity contribution in [2.45, 2.75) is 24.8 Å². The van der Waals surface area contributed by atoms with E-state index >= 15 is 0 Å². The number of rotatable bonds is 3. The Bertz CT molecular complexity index is 803. The summed E-state index contributed by atoms with van der Waals surface area (Å²) in [5.41, 5.74) is 8.31. The highest BCUT2D eigenvalue weighted by Gasteiger charge is 2.39. The van der Waals surface area contributed by atoms with Gasteiger partial charge in [-0.1, -0.05) is 28.9 Å². The van der Waals surface area contributed by atoms with E-state index < -0.39 is 5.54 Å². The van der Waals surface area contributed by atoms with Crippen LogP contribution in [0.5, 0.6) is 0 Å². The van der Waals surface area contributed by atoms with Gasteiger partial charge in [-0.2, -0.15) is 10.1 Å². The predicted molar refractivity (Wildman–Crippen MR) is 82.0 cm³/mol. The van der Waals surface area contributed by atoms with Crippen molar-refractivity contribution in [3.8, 4) is 22.7 Å². The van der Waals surface area contributed by atoms with Crippen molar-refractivity contribution in [3.63, 3.8) is 0 Å².